The van der Waals surface area contributed by atoms with Crippen LogP contribution in [0.25, 0.3) is 0 Å². The highest BCUT2D eigenvalue weighted by atomic mass is 16.3. The molecule has 0 spiro atoms. The quantitative estimate of drug-likeness (QED) is 0.0420. The van der Waals surface area contributed by atoms with Gasteiger partial charge in [-0.15, -0.1) is 0 Å². The van der Waals surface area contributed by atoms with Crippen LogP contribution in [0.2, 0.25) is 0 Å². The lowest BCUT2D eigenvalue weighted by Crippen LogP contribution is -2.45. The molecule has 0 saturated heterocycles. The summed E-state index contributed by atoms with van der Waals surface area (Å²) in [6.07, 6.45) is 85.5. The number of carbonyl (C=O) groups is 1. The molecule has 2 unspecified atom stereocenters. The maximum Gasteiger partial charge on any atom is 0.220 e. The van der Waals surface area contributed by atoms with E-state index in [0.29, 0.717) is 6.42 Å². The average molecular weight is 965 g/mol. The van der Waals surface area contributed by atoms with E-state index in [1.54, 1.807) is 6.08 Å². The van der Waals surface area contributed by atoms with Gasteiger partial charge >= 0.3 is 0 Å². The molecular weight excluding hydrogens is 843 g/mol. The van der Waals surface area contributed by atoms with Gasteiger partial charge in [0.2, 0.25) is 5.91 Å². The van der Waals surface area contributed by atoms with Crippen molar-refractivity contribution in [2.75, 3.05) is 6.61 Å². The van der Waals surface area contributed by atoms with Crippen molar-refractivity contribution in [3.63, 3.8) is 0 Å². The summed E-state index contributed by atoms with van der Waals surface area (Å²) < 4.78 is 0. The number of aliphatic hydroxyl groups excluding tert-OH is 2. The predicted molar refractivity (Wildman–Crippen MR) is 308 cm³/mol. The molecule has 0 radical (unpaired) electrons. The normalized spacial score (nSPS) is 13.2. The standard InChI is InChI=1S/C65H121NO3/c1-3-5-7-9-11-13-15-17-19-21-23-25-27-29-31-32-33-34-35-37-39-41-43-45-47-49-51-53-55-57-59-61-65(69)66-63(62-67)64(68)60-58-56-54-52-50-48-46-44-42-40-38-36-30-28-26-24-22-20-18-16-14-12-10-8-6-4-2/h15,17,21,23,42,44,50,52,58,60,63-64,67-68H,3-14,16,18-20,22,24-41,43,45-49,51,53-57,59,61-62H2,1-2H3,(H,66,69)/b17-15-,23-21-,44-42+,52-50+,60-58+. The zero-order chi connectivity index (χ0) is 49.9. The van der Waals surface area contributed by atoms with Crippen LogP contribution in [-0.2, 0) is 4.79 Å². The van der Waals surface area contributed by atoms with Gasteiger partial charge in [0, 0.05) is 6.42 Å². The Morgan fingerprint density at radius 2 is 0.609 bits per heavy atom. The van der Waals surface area contributed by atoms with E-state index in [2.05, 4.69) is 67.8 Å². The van der Waals surface area contributed by atoms with Gasteiger partial charge in [-0.3, -0.25) is 4.79 Å². The maximum absolute atomic E-state index is 12.5. The summed E-state index contributed by atoms with van der Waals surface area (Å²) in [6.45, 7) is 4.31. The molecule has 0 aromatic heterocycles. The molecule has 4 heteroatoms. The lowest BCUT2D eigenvalue weighted by molar-refractivity contribution is -0.123. The Hall–Kier alpha value is -1.91. The fourth-order valence-electron chi connectivity index (χ4n) is 9.48. The number of allylic oxidation sites excluding steroid dienone is 9. The van der Waals surface area contributed by atoms with E-state index in [1.807, 2.05) is 6.08 Å². The molecule has 0 aliphatic rings. The minimum absolute atomic E-state index is 0.0737. The molecule has 69 heavy (non-hydrogen) atoms. The molecule has 2 atom stereocenters. The van der Waals surface area contributed by atoms with Gasteiger partial charge in [-0.25, -0.2) is 0 Å². The van der Waals surface area contributed by atoms with Crippen molar-refractivity contribution >= 4 is 5.91 Å². The van der Waals surface area contributed by atoms with Crippen LogP contribution in [0.15, 0.2) is 60.8 Å². The maximum atomic E-state index is 12.5. The van der Waals surface area contributed by atoms with Gasteiger partial charge in [-0.2, -0.15) is 0 Å². The van der Waals surface area contributed by atoms with Crippen LogP contribution in [0, 0.1) is 0 Å². The van der Waals surface area contributed by atoms with Crippen LogP contribution in [0.1, 0.15) is 328 Å². The minimum atomic E-state index is -0.872. The van der Waals surface area contributed by atoms with Gasteiger partial charge in [-0.1, -0.05) is 306 Å². The van der Waals surface area contributed by atoms with Crippen LogP contribution in [0.3, 0.4) is 0 Å². The van der Waals surface area contributed by atoms with E-state index < -0.39 is 12.1 Å². The number of carbonyl (C=O) groups excluding carboxylic acids is 1. The van der Waals surface area contributed by atoms with Gasteiger partial charge in [-0.05, 0) is 77.0 Å². The molecule has 0 aliphatic carbocycles. The lowest BCUT2D eigenvalue weighted by Gasteiger charge is -2.19. The molecule has 3 N–H and O–H groups in total. The van der Waals surface area contributed by atoms with Crippen molar-refractivity contribution in [1.29, 1.82) is 0 Å². The van der Waals surface area contributed by atoms with E-state index >= 15 is 0 Å². The first-order valence-electron chi connectivity index (χ1n) is 31.0. The third-order valence-electron chi connectivity index (χ3n) is 14.2. The minimum Gasteiger partial charge on any atom is -0.394 e. The zero-order valence-corrected chi connectivity index (χ0v) is 46.6. The van der Waals surface area contributed by atoms with Crippen LogP contribution >= 0.6 is 0 Å². The molecule has 0 heterocycles. The topological polar surface area (TPSA) is 69.6 Å². The zero-order valence-electron chi connectivity index (χ0n) is 46.6. The molecule has 0 bridgehead atoms. The summed E-state index contributed by atoms with van der Waals surface area (Å²) in [5, 5.41) is 23.2. The molecule has 0 saturated carbocycles. The second-order valence-corrected chi connectivity index (χ2v) is 21.1. The Kier molecular flexibility index (Phi) is 58.7. The highest BCUT2D eigenvalue weighted by Gasteiger charge is 2.18. The summed E-state index contributed by atoms with van der Waals surface area (Å²) in [6, 6.07) is -0.647. The smallest absolute Gasteiger partial charge is 0.220 e. The van der Waals surface area contributed by atoms with E-state index in [-0.39, 0.29) is 12.5 Å². The third-order valence-corrected chi connectivity index (χ3v) is 14.2. The molecule has 0 aromatic rings. The van der Waals surface area contributed by atoms with E-state index in [9.17, 15) is 15.0 Å². The Morgan fingerprint density at radius 3 is 0.928 bits per heavy atom. The van der Waals surface area contributed by atoms with Crippen molar-refractivity contribution in [2.24, 2.45) is 0 Å². The molecule has 0 aliphatic heterocycles. The summed E-state index contributed by atoms with van der Waals surface area (Å²) in [4.78, 5) is 12.5. The average Bonchev–Trinajstić information content (AvgIpc) is 3.35. The van der Waals surface area contributed by atoms with Crippen LogP contribution in [-0.4, -0.2) is 34.9 Å². The van der Waals surface area contributed by atoms with Crippen LogP contribution in [0.4, 0.5) is 0 Å². The predicted octanol–water partition coefficient (Wildman–Crippen LogP) is 20.8. The number of amides is 1. The molecule has 0 aromatic carbocycles. The highest BCUT2D eigenvalue weighted by molar-refractivity contribution is 5.76. The molecule has 1 amide bonds. The van der Waals surface area contributed by atoms with Crippen LogP contribution in [0.5, 0.6) is 0 Å². The van der Waals surface area contributed by atoms with Gasteiger partial charge in [0.05, 0.1) is 18.8 Å². The number of hydrogen-bond acceptors (Lipinski definition) is 3. The van der Waals surface area contributed by atoms with Gasteiger partial charge in [0.1, 0.15) is 0 Å². The monoisotopic (exact) mass is 964 g/mol. The van der Waals surface area contributed by atoms with Crippen molar-refractivity contribution in [1.82, 2.24) is 5.32 Å². The van der Waals surface area contributed by atoms with Gasteiger partial charge in [0.15, 0.2) is 0 Å². The van der Waals surface area contributed by atoms with Crippen molar-refractivity contribution < 1.29 is 15.0 Å². The number of nitrogens with one attached hydrogen (secondary N) is 1. The third kappa shape index (κ3) is 56.9. The SMILES string of the molecule is CCCCCCC/C=C\C/C=C\CCCCCCCCCCCCCCCCCCCCCC(=O)NC(CO)C(O)/C=C/CC/C=C/CC/C=C/CCCCCCCCCCCCCCCCCC. The lowest BCUT2D eigenvalue weighted by atomic mass is 10.0. The Balaban J connectivity index is 3.51. The Labute approximate surface area is 432 Å². The molecule has 404 valence electrons. The Morgan fingerprint density at radius 1 is 0.348 bits per heavy atom. The van der Waals surface area contributed by atoms with Crippen molar-refractivity contribution in [3.8, 4) is 0 Å². The van der Waals surface area contributed by atoms with E-state index in [4.69, 9.17) is 0 Å². The van der Waals surface area contributed by atoms with E-state index in [0.717, 1.165) is 44.9 Å². The first-order chi connectivity index (χ1) is 34.2. The van der Waals surface area contributed by atoms with Gasteiger partial charge < -0.3 is 15.5 Å². The first kappa shape index (κ1) is 67.1. The second-order valence-electron chi connectivity index (χ2n) is 21.1. The van der Waals surface area contributed by atoms with Crippen molar-refractivity contribution in [2.45, 2.75) is 341 Å². The number of aliphatic hydroxyl groups is 2. The fraction of sp³-hybridized carbons (Fsp3) is 0.831. The largest absolute Gasteiger partial charge is 0.394 e. The fourth-order valence-corrected chi connectivity index (χ4v) is 9.48. The van der Waals surface area contributed by atoms with Crippen molar-refractivity contribution in [3.05, 3.63) is 60.8 Å². The van der Waals surface area contributed by atoms with E-state index in [1.165, 1.54) is 263 Å². The molecule has 4 nitrogen and oxygen atoms in total. The van der Waals surface area contributed by atoms with Crippen LogP contribution < -0.4 is 5.32 Å². The number of unbranched alkanes of at least 4 members (excludes halogenated alkanes) is 42. The summed E-state index contributed by atoms with van der Waals surface area (Å²) >= 11 is 0. The second kappa shape index (κ2) is 60.4. The first-order valence-corrected chi connectivity index (χ1v) is 31.0. The summed E-state index contributed by atoms with van der Waals surface area (Å²) in [5.41, 5.74) is 0. The van der Waals surface area contributed by atoms with Gasteiger partial charge in [0.25, 0.3) is 0 Å². The highest BCUT2D eigenvalue weighted by Crippen LogP contribution is 2.17. The number of hydrogen-bond donors (Lipinski definition) is 3. The summed E-state index contributed by atoms with van der Waals surface area (Å²) in [5.74, 6) is -0.0737. The number of rotatable bonds is 57. The molecule has 0 rings (SSSR count). The molecule has 0 fully saturated rings. The molecular formula is C65H121NO3. The summed E-state index contributed by atoms with van der Waals surface area (Å²) in [7, 11) is 0. The Bertz CT molecular complexity index is 1140.